The van der Waals surface area contributed by atoms with E-state index < -0.39 is 5.97 Å². The Bertz CT molecular complexity index is 1020. The quantitative estimate of drug-likeness (QED) is 0.522. The summed E-state index contributed by atoms with van der Waals surface area (Å²) in [6, 6.07) is 15.8. The van der Waals surface area contributed by atoms with E-state index in [-0.39, 0.29) is 0 Å². The number of rotatable bonds is 8. The van der Waals surface area contributed by atoms with Crippen LogP contribution in [0.5, 0.6) is 0 Å². The number of aromatic carboxylic acids is 1. The molecule has 5 heteroatoms. The van der Waals surface area contributed by atoms with Crippen LogP contribution in [0.4, 0.5) is 0 Å². The van der Waals surface area contributed by atoms with E-state index in [4.69, 9.17) is 11.6 Å². The summed E-state index contributed by atoms with van der Waals surface area (Å²) in [7, 11) is 0. The van der Waals surface area contributed by atoms with Gasteiger partial charge < -0.3 is 15.0 Å². The van der Waals surface area contributed by atoms with Gasteiger partial charge >= 0.3 is 5.97 Å². The molecule has 0 unspecified atom stereocenters. The summed E-state index contributed by atoms with van der Waals surface area (Å²) >= 11 is 5.93. The Labute approximate surface area is 176 Å². The number of benzene rings is 2. The zero-order valence-corrected chi connectivity index (χ0v) is 17.5. The molecule has 0 saturated heterocycles. The van der Waals surface area contributed by atoms with Gasteiger partial charge in [0.05, 0.1) is 5.56 Å². The zero-order chi connectivity index (χ0) is 21.0. The minimum atomic E-state index is -0.894. The Morgan fingerprint density at radius 3 is 2.24 bits per heavy atom. The van der Waals surface area contributed by atoms with Crippen LogP contribution in [0.1, 0.15) is 44.0 Å². The first kappa shape index (κ1) is 20.9. The van der Waals surface area contributed by atoms with Crippen molar-refractivity contribution in [2.75, 3.05) is 0 Å². The van der Waals surface area contributed by atoms with Crippen molar-refractivity contribution in [1.29, 1.82) is 0 Å². The predicted octanol–water partition coefficient (Wildman–Crippen LogP) is 5.44. The molecule has 3 rings (SSSR count). The molecule has 29 heavy (non-hydrogen) atoms. The fourth-order valence-corrected chi connectivity index (χ4v) is 3.69. The van der Waals surface area contributed by atoms with Crippen LogP contribution in [0.15, 0.2) is 55.1 Å². The standard InChI is InChI=1S/C24H25ClN2O2/c1-4-18-5-7-20(8-6-18)15-27-16(2)22(23(17(27)3)24(28)29)14-26-13-19-9-11-21(25)12-10-19/h4-12,26H,1,13-15H2,2-3H3,(H,28,29). The molecule has 0 fully saturated rings. The van der Waals surface area contributed by atoms with Crippen molar-refractivity contribution in [3.8, 4) is 0 Å². The van der Waals surface area contributed by atoms with Crippen molar-refractivity contribution in [3.63, 3.8) is 0 Å². The third kappa shape index (κ3) is 4.78. The van der Waals surface area contributed by atoms with Crippen molar-refractivity contribution < 1.29 is 9.90 Å². The van der Waals surface area contributed by atoms with Gasteiger partial charge in [0, 0.05) is 41.6 Å². The predicted molar refractivity (Wildman–Crippen MR) is 118 cm³/mol. The summed E-state index contributed by atoms with van der Waals surface area (Å²) in [4.78, 5) is 11.9. The molecule has 0 spiro atoms. The van der Waals surface area contributed by atoms with E-state index in [1.54, 1.807) is 0 Å². The second-order valence-corrected chi connectivity index (χ2v) is 7.53. The molecule has 1 heterocycles. The fourth-order valence-electron chi connectivity index (χ4n) is 3.56. The van der Waals surface area contributed by atoms with Crippen molar-refractivity contribution in [2.45, 2.75) is 33.5 Å². The number of hydrogen-bond acceptors (Lipinski definition) is 2. The number of halogens is 1. The first-order valence-corrected chi connectivity index (χ1v) is 9.87. The SMILES string of the molecule is C=Cc1ccc(Cn2c(C)c(CNCc3ccc(Cl)cc3)c(C(=O)O)c2C)cc1. The van der Waals surface area contributed by atoms with E-state index in [1.165, 1.54) is 0 Å². The largest absolute Gasteiger partial charge is 0.478 e. The van der Waals surface area contributed by atoms with E-state index in [2.05, 4.69) is 28.6 Å². The summed E-state index contributed by atoms with van der Waals surface area (Å²) in [5.41, 5.74) is 6.23. The number of carboxylic acids is 1. The maximum atomic E-state index is 11.9. The molecule has 0 radical (unpaired) electrons. The topological polar surface area (TPSA) is 54.3 Å². The van der Waals surface area contributed by atoms with Crippen LogP contribution in [0.3, 0.4) is 0 Å². The number of nitrogens with one attached hydrogen (secondary N) is 1. The van der Waals surface area contributed by atoms with Crippen molar-refractivity contribution >= 4 is 23.6 Å². The lowest BCUT2D eigenvalue weighted by Crippen LogP contribution is -2.15. The molecule has 0 aliphatic carbocycles. The molecule has 3 aromatic rings. The van der Waals surface area contributed by atoms with Crippen LogP contribution in [-0.4, -0.2) is 15.6 Å². The van der Waals surface area contributed by atoms with Gasteiger partial charge in [0.2, 0.25) is 0 Å². The first-order chi connectivity index (χ1) is 13.9. The Balaban J connectivity index is 1.82. The maximum absolute atomic E-state index is 11.9. The molecule has 0 atom stereocenters. The molecule has 2 aromatic carbocycles. The number of carboxylic acid groups (broad SMARTS) is 1. The average molecular weight is 409 g/mol. The van der Waals surface area contributed by atoms with Gasteiger partial charge in [0.15, 0.2) is 0 Å². The van der Waals surface area contributed by atoms with Gasteiger partial charge in [-0.1, -0.05) is 60.7 Å². The number of carbonyl (C=O) groups is 1. The van der Waals surface area contributed by atoms with Gasteiger partial charge in [-0.05, 0) is 42.7 Å². The van der Waals surface area contributed by atoms with E-state index in [0.717, 1.165) is 33.6 Å². The molecule has 0 aliphatic heterocycles. The summed E-state index contributed by atoms with van der Waals surface area (Å²) in [6.07, 6.45) is 1.81. The molecule has 0 saturated carbocycles. The first-order valence-electron chi connectivity index (χ1n) is 9.49. The zero-order valence-electron chi connectivity index (χ0n) is 16.7. The minimum Gasteiger partial charge on any atom is -0.478 e. The molecule has 150 valence electrons. The van der Waals surface area contributed by atoms with Gasteiger partial charge in [0.1, 0.15) is 0 Å². The third-order valence-corrected chi connectivity index (χ3v) is 5.48. The van der Waals surface area contributed by atoms with E-state index in [0.29, 0.717) is 30.2 Å². The summed E-state index contributed by atoms with van der Waals surface area (Å²) in [5, 5.41) is 13.9. The minimum absolute atomic E-state index is 0.383. The monoisotopic (exact) mass is 408 g/mol. The van der Waals surface area contributed by atoms with Crippen LogP contribution >= 0.6 is 11.6 Å². The summed E-state index contributed by atoms with van der Waals surface area (Å²) in [6.45, 7) is 9.39. The Kier molecular flexibility index (Phi) is 6.57. The highest BCUT2D eigenvalue weighted by molar-refractivity contribution is 6.30. The highest BCUT2D eigenvalue weighted by atomic mass is 35.5. The van der Waals surface area contributed by atoms with E-state index in [1.807, 2.05) is 56.3 Å². The van der Waals surface area contributed by atoms with Crippen molar-refractivity contribution in [2.24, 2.45) is 0 Å². The molecular weight excluding hydrogens is 384 g/mol. The van der Waals surface area contributed by atoms with Gasteiger partial charge in [-0.25, -0.2) is 4.79 Å². The second kappa shape index (κ2) is 9.12. The lowest BCUT2D eigenvalue weighted by Gasteiger charge is -2.11. The van der Waals surface area contributed by atoms with Crippen molar-refractivity contribution in [1.82, 2.24) is 9.88 Å². The van der Waals surface area contributed by atoms with Gasteiger partial charge in [-0.2, -0.15) is 0 Å². The molecule has 1 aromatic heterocycles. The van der Waals surface area contributed by atoms with Crippen LogP contribution in [0.2, 0.25) is 5.02 Å². The summed E-state index contributed by atoms with van der Waals surface area (Å²) in [5.74, 6) is -0.894. The number of hydrogen-bond donors (Lipinski definition) is 2. The second-order valence-electron chi connectivity index (χ2n) is 7.09. The summed E-state index contributed by atoms with van der Waals surface area (Å²) < 4.78 is 2.08. The van der Waals surface area contributed by atoms with Crippen LogP contribution in [0.25, 0.3) is 6.08 Å². The normalized spacial score (nSPS) is 10.9. The van der Waals surface area contributed by atoms with Gasteiger partial charge in [-0.3, -0.25) is 0 Å². The van der Waals surface area contributed by atoms with E-state index in [9.17, 15) is 9.90 Å². The highest BCUT2D eigenvalue weighted by Gasteiger charge is 2.22. The van der Waals surface area contributed by atoms with Gasteiger partial charge in [-0.15, -0.1) is 0 Å². The lowest BCUT2D eigenvalue weighted by atomic mass is 10.1. The fraction of sp³-hybridized carbons (Fsp3) is 0.208. The lowest BCUT2D eigenvalue weighted by molar-refractivity contribution is 0.0694. The van der Waals surface area contributed by atoms with Crippen LogP contribution < -0.4 is 5.32 Å². The highest BCUT2D eigenvalue weighted by Crippen LogP contribution is 2.24. The molecular formula is C24H25ClN2O2. The smallest absolute Gasteiger partial charge is 0.337 e. The maximum Gasteiger partial charge on any atom is 0.337 e. The van der Waals surface area contributed by atoms with Gasteiger partial charge in [0.25, 0.3) is 0 Å². The third-order valence-electron chi connectivity index (χ3n) is 5.22. The van der Waals surface area contributed by atoms with Crippen LogP contribution in [-0.2, 0) is 19.6 Å². The molecule has 0 bridgehead atoms. The molecule has 4 nitrogen and oxygen atoms in total. The number of aromatic nitrogens is 1. The molecule has 0 amide bonds. The van der Waals surface area contributed by atoms with E-state index >= 15 is 0 Å². The number of nitrogens with zero attached hydrogens (tertiary/aromatic N) is 1. The van der Waals surface area contributed by atoms with Crippen molar-refractivity contribution in [3.05, 3.63) is 99.3 Å². The molecule has 0 aliphatic rings. The Morgan fingerprint density at radius 1 is 1.03 bits per heavy atom. The Morgan fingerprint density at radius 2 is 1.66 bits per heavy atom. The average Bonchev–Trinajstić information content (AvgIpc) is 2.94. The molecule has 2 N–H and O–H groups in total. The van der Waals surface area contributed by atoms with Crippen LogP contribution in [0, 0.1) is 13.8 Å². The Hall–Kier alpha value is -2.82.